The highest BCUT2D eigenvalue weighted by molar-refractivity contribution is 7.89. The number of pyridine rings is 1. The molecule has 9 nitrogen and oxygen atoms in total. The van der Waals surface area contributed by atoms with E-state index in [2.05, 4.69) is 16.8 Å². The smallest absolute Gasteiger partial charge is 0.348 e. The van der Waals surface area contributed by atoms with Gasteiger partial charge in [0.1, 0.15) is 15.6 Å². The molecule has 3 aromatic rings. The molecule has 1 aromatic carbocycles. The van der Waals surface area contributed by atoms with Crippen LogP contribution in [0, 0.1) is 11.8 Å². The van der Waals surface area contributed by atoms with Crippen molar-refractivity contribution in [3.8, 4) is 10.4 Å². The number of nitrogens with zero attached hydrogens (tertiary/aromatic N) is 4. The molecule has 0 spiro atoms. The Morgan fingerprint density at radius 1 is 1.00 bits per heavy atom. The molecule has 11 heteroatoms. The van der Waals surface area contributed by atoms with E-state index in [1.165, 1.54) is 16.9 Å². The third-order valence-electron chi connectivity index (χ3n) is 9.06. The molecule has 1 aliphatic carbocycles. The molecule has 3 fully saturated rings. The Kier molecular flexibility index (Phi) is 8.57. The number of carbonyl (C=O) groups excluding carboxylic acids is 1. The van der Waals surface area contributed by atoms with Crippen LogP contribution in [0.25, 0.3) is 10.4 Å². The van der Waals surface area contributed by atoms with E-state index in [0.29, 0.717) is 11.6 Å². The van der Waals surface area contributed by atoms with E-state index in [9.17, 15) is 23.1 Å². The SMILES string of the molecule is C[C@H]1CCCN(c2ccc(S(=O)(=O)N3CC(=O)N(c4cc(-c5ccccc5)sc4C(=O)O)[C@H](C4CCCCC4)C3)cn2)C1. The normalized spacial score (nSPS) is 22.6. The van der Waals surface area contributed by atoms with Gasteiger partial charge in [0, 0.05) is 30.7 Å². The summed E-state index contributed by atoms with van der Waals surface area (Å²) >= 11 is 1.14. The van der Waals surface area contributed by atoms with Crippen LogP contribution < -0.4 is 9.80 Å². The van der Waals surface area contributed by atoms with Crippen LogP contribution in [0.5, 0.6) is 0 Å². The number of hydrogen-bond acceptors (Lipinski definition) is 7. The van der Waals surface area contributed by atoms with Crippen molar-refractivity contribution >= 4 is 44.7 Å². The molecule has 2 saturated heterocycles. The average Bonchev–Trinajstić information content (AvgIpc) is 3.47. The van der Waals surface area contributed by atoms with Gasteiger partial charge >= 0.3 is 5.97 Å². The predicted molar refractivity (Wildman–Crippen MR) is 168 cm³/mol. The second-order valence-electron chi connectivity index (χ2n) is 12.1. The van der Waals surface area contributed by atoms with Crippen molar-refractivity contribution in [2.45, 2.75) is 62.8 Å². The van der Waals surface area contributed by atoms with Crippen molar-refractivity contribution in [3.63, 3.8) is 0 Å². The number of thiophene rings is 1. The van der Waals surface area contributed by atoms with E-state index >= 15 is 0 Å². The van der Waals surface area contributed by atoms with Gasteiger partial charge in [0.05, 0.1) is 18.3 Å². The summed E-state index contributed by atoms with van der Waals surface area (Å²) in [5, 5.41) is 10.2. The van der Waals surface area contributed by atoms with Crippen molar-refractivity contribution < 1.29 is 23.1 Å². The Morgan fingerprint density at radius 2 is 1.77 bits per heavy atom. The third kappa shape index (κ3) is 6.07. The Balaban J connectivity index is 1.32. The van der Waals surface area contributed by atoms with Crippen molar-refractivity contribution in [1.29, 1.82) is 0 Å². The fraction of sp³-hybridized carbons (Fsp3) is 0.469. The fourth-order valence-electron chi connectivity index (χ4n) is 6.86. The monoisotopic (exact) mass is 622 g/mol. The van der Waals surface area contributed by atoms with Crippen molar-refractivity contribution in [2.24, 2.45) is 11.8 Å². The molecular formula is C32H38N4O5S2. The first kappa shape index (κ1) is 29.8. The molecule has 1 saturated carbocycles. The number of carbonyl (C=O) groups is 2. The molecular weight excluding hydrogens is 585 g/mol. The summed E-state index contributed by atoms with van der Waals surface area (Å²) in [5.41, 5.74) is 1.23. The number of hydrogen-bond donors (Lipinski definition) is 1. The number of sulfonamides is 1. The second-order valence-corrected chi connectivity index (χ2v) is 15.1. The lowest BCUT2D eigenvalue weighted by atomic mass is 9.82. The first-order chi connectivity index (χ1) is 20.7. The fourth-order valence-corrected chi connectivity index (χ4v) is 9.21. The zero-order valence-electron chi connectivity index (χ0n) is 24.4. The Labute approximate surface area is 257 Å². The highest BCUT2D eigenvalue weighted by atomic mass is 32.2. The lowest BCUT2D eigenvalue weighted by Crippen LogP contribution is -2.60. The number of aromatic nitrogens is 1. The number of carboxylic acid groups (broad SMARTS) is 1. The number of rotatable bonds is 7. The summed E-state index contributed by atoms with van der Waals surface area (Å²) in [4.78, 5) is 35.6. The van der Waals surface area contributed by atoms with Gasteiger partial charge in [-0.05, 0) is 61.3 Å². The molecule has 3 aliphatic rings. The van der Waals surface area contributed by atoms with Crippen LogP contribution in [0.2, 0.25) is 0 Å². The van der Waals surface area contributed by atoms with Gasteiger partial charge in [-0.25, -0.2) is 18.2 Å². The molecule has 1 N–H and O–H groups in total. The summed E-state index contributed by atoms with van der Waals surface area (Å²) in [6, 6.07) is 14.2. The lowest BCUT2D eigenvalue weighted by Gasteiger charge is -2.44. The molecule has 0 bridgehead atoms. The molecule has 0 unspecified atom stereocenters. The molecule has 4 heterocycles. The molecule has 6 rings (SSSR count). The van der Waals surface area contributed by atoms with Crippen LogP contribution >= 0.6 is 11.3 Å². The number of benzene rings is 1. The van der Waals surface area contributed by atoms with Crippen LogP contribution in [0.1, 0.15) is 61.5 Å². The van der Waals surface area contributed by atoms with Gasteiger partial charge in [0.15, 0.2) is 0 Å². The molecule has 1 amide bonds. The number of aromatic carboxylic acids is 1. The van der Waals surface area contributed by atoms with Gasteiger partial charge in [-0.1, -0.05) is 56.5 Å². The summed E-state index contributed by atoms with van der Waals surface area (Å²) < 4.78 is 29.1. The molecule has 228 valence electrons. The second kappa shape index (κ2) is 12.4. The number of anilines is 2. The van der Waals surface area contributed by atoms with Crippen LogP contribution in [-0.4, -0.2) is 66.9 Å². The first-order valence-electron chi connectivity index (χ1n) is 15.2. The summed E-state index contributed by atoms with van der Waals surface area (Å²) in [7, 11) is -4.00. The molecule has 43 heavy (non-hydrogen) atoms. The summed E-state index contributed by atoms with van der Waals surface area (Å²) in [5.74, 6) is -0.108. The highest BCUT2D eigenvalue weighted by Gasteiger charge is 2.44. The van der Waals surface area contributed by atoms with Crippen molar-refractivity contribution in [2.75, 3.05) is 36.0 Å². The Morgan fingerprint density at radius 3 is 2.44 bits per heavy atom. The maximum absolute atomic E-state index is 14.0. The van der Waals surface area contributed by atoms with Gasteiger partial charge in [-0.3, -0.25) is 4.79 Å². The summed E-state index contributed by atoms with van der Waals surface area (Å²) in [6.07, 6.45) is 8.50. The lowest BCUT2D eigenvalue weighted by molar-refractivity contribution is -0.121. The largest absolute Gasteiger partial charge is 0.477 e. The maximum Gasteiger partial charge on any atom is 0.348 e. The van der Waals surface area contributed by atoms with Crippen LogP contribution in [-0.2, 0) is 14.8 Å². The van der Waals surface area contributed by atoms with Gasteiger partial charge in [-0.15, -0.1) is 11.3 Å². The third-order valence-corrected chi connectivity index (χ3v) is 12.0. The molecule has 2 aliphatic heterocycles. The van der Waals surface area contributed by atoms with Crippen molar-refractivity contribution in [3.05, 3.63) is 59.6 Å². The Hall–Kier alpha value is -3.28. The minimum Gasteiger partial charge on any atom is -0.477 e. The zero-order valence-corrected chi connectivity index (χ0v) is 26.0. The van der Waals surface area contributed by atoms with E-state index in [4.69, 9.17) is 0 Å². The van der Waals surface area contributed by atoms with Gasteiger partial charge in [0.25, 0.3) is 0 Å². The van der Waals surface area contributed by atoms with Gasteiger partial charge < -0.3 is 14.9 Å². The van der Waals surface area contributed by atoms with Crippen LogP contribution in [0.15, 0.2) is 59.6 Å². The predicted octanol–water partition coefficient (Wildman–Crippen LogP) is 5.73. The maximum atomic E-state index is 14.0. The molecule has 2 atom stereocenters. The summed E-state index contributed by atoms with van der Waals surface area (Å²) in [6.45, 7) is 3.76. The van der Waals surface area contributed by atoms with Crippen LogP contribution in [0.3, 0.4) is 0 Å². The minimum absolute atomic E-state index is 0.0677. The van der Waals surface area contributed by atoms with Gasteiger partial charge in [0.2, 0.25) is 15.9 Å². The van der Waals surface area contributed by atoms with Crippen LogP contribution in [0.4, 0.5) is 11.5 Å². The molecule has 0 radical (unpaired) electrons. The topological polar surface area (TPSA) is 111 Å². The number of carboxylic acids is 1. The number of amides is 1. The van der Waals surface area contributed by atoms with E-state index in [1.54, 1.807) is 23.1 Å². The van der Waals surface area contributed by atoms with E-state index in [-0.39, 0.29) is 28.8 Å². The minimum atomic E-state index is -4.00. The Bertz CT molecular complexity index is 1570. The van der Waals surface area contributed by atoms with E-state index in [1.807, 2.05) is 30.3 Å². The zero-order chi connectivity index (χ0) is 30.1. The van der Waals surface area contributed by atoms with E-state index < -0.39 is 27.9 Å². The number of piperazine rings is 1. The van der Waals surface area contributed by atoms with Crippen molar-refractivity contribution in [1.82, 2.24) is 9.29 Å². The first-order valence-corrected chi connectivity index (χ1v) is 17.4. The quantitative estimate of drug-likeness (QED) is 0.358. The van der Waals surface area contributed by atoms with E-state index in [0.717, 1.165) is 79.2 Å². The van der Waals surface area contributed by atoms with Gasteiger partial charge in [-0.2, -0.15) is 4.31 Å². The highest BCUT2D eigenvalue weighted by Crippen LogP contribution is 2.42. The molecule has 2 aromatic heterocycles. The standard InChI is InChI=1S/C32H38N4O5S2/c1-22-9-8-16-34(19-22)29-15-14-25(18-33-29)43(40,41)35-20-27(23-10-4-2-5-11-23)36(30(37)21-35)26-17-28(42-31(26)32(38)39)24-12-6-3-7-13-24/h3,6-7,12-15,17-18,22-23,27H,2,4-5,8-11,16,19-21H2,1H3,(H,38,39)/t22-,27-/m0/s1. The number of piperidine rings is 1. The average molecular weight is 623 g/mol.